The zero-order valence-electron chi connectivity index (χ0n) is 10.4. The van der Waals surface area contributed by atoms with Crippen LogP contribution in [0.15, 0.2) is 0 Å². The molecule has 6 heteroatoms. The van der Waals surface area contributed by atoms with E-state index in [0.717, 1.165) is 0 Å². The lowest BCUT2D eigenvalue weighted by Gasteiger charge is -2.06. The predicted molar refractivity (Wildman–Crippen MR) is 63.6 cm³/mol. The monoisotopic (exact) mass is 246 g/mol. The molecule has 0 radical (unpaired) electrons. The van der Waals surface area contributed by atoms with E-state index in [2.05, 4.69) is 10.6 Å². The van der Waals surface area contributed by atoms with Gasteiger partial charge >= 0.3 is 0 Å². The van der Waals surface area contributed by atoms with Gasteiger partial charge in [0.05, 0.1) is 19.8 Å². The van der Waals surface area contributed by atoms with E-state index in [1.54, 1.807) is 0 Å². The van der Waals surface area contributed by atoms with E-state index in [4.69, 9.17) is 9.47 Å². The van der Waals surface area contributed by atoms with Crippen LogP contribution >= 0.6 is 0 Å². The van der Waals surface area contributed by atoms with Gasteiger partial charge in [0.15, 0.2) is 0 Å². The fourth-order valence-corrected chi connectivity index (χ4v) is 1.13. The summed E-state index contributed by atoms with van der Waals surface area (Å²) in [5.41, 5.74) is 0. The molecule has 0 aliphatic carbocycles. The highest BCUT2D eigenvalue weighted by atomic mass is 16.5. The number of nitrogens with one attached hydrogen (secondary N) is 2. The Morgan fingerprint density at radius 1 is 1.18 bits per heavy atom. The van der Waals surface area contributed by atoms with E-state index >= 15 is 0 Å². The second kappa shape index (κ2) is 12.9. The molecule has 0 aliphatic heterocycles. The highest BCUT2D eigenvalue weighted by Gasteiger charge is 1.99. The molecule has 2 N–H and O–H groups in total. The zero-order chi connectivity index (χ0) is 12.8. The molecule has 0 rings (SSSR count). The summed E-state index contributed by atoms with van der Waals surface area (Å²) in [6.45, 7) is 5.28. The van der Waals surface area contributed by atoms with E-state index < -0.39 is 0 Å². The Hall–Kier alpha value is -1.14. The van der Waals surface area contributed by atoms with Crippen molar-refractivity contribution in [3.05, 3.63) is 0 Å². The quantitative estimate of drug-likeness (QED) is 0.365. The molecule has 0 bridgehead atoms. The van der Waals surface area contributed by atoms with Gasteiger partial charge in [0, 0.05) is 26.1 Å². The van der Waals surface area contributed by atoms with Crippen molar-refractivity contribution in [2.75, 3.05) is 39.5 Å². The third kappa shape index (κ3) is 12.8. The number of ether oxygens (including phenoxy) is 2. The van der Waals surface area contributed by atoms with Crippen LogP contribution in [0, 0.1) is 0 Å². The Labute approximate surface area is 102 Å². The lowest BCUT2D eigenvalue weighted by Crippen LogP contribution is -2.28. The smallest absolute Gasteiger partial charge is 0.220 e. The van der Waals surface area contributed by atoms with Crippen LogP contribution in [0.4, 0.5) is 0 Å². The second-order valence-electron chi connectivity index (χ2n) is 3.33. The molecular formula is C11H22N2O4. The third-order valence-corrected chi connectivity index (χ3v) is 1.95. The summed E-state index contributed by atoms with van der Waals surface area (Å²) < 4.78 is 10.3. The van der Waals surface area contributed by atoms with Crippen molar-refractivity contribution >= 4 is 12.3 Å². The maximum Gasteiger partial charge on any atom is 0.220 e. The molecule has 0 aliphatic rings. The molecule has 0 aromatic carbocycles. The maximum atomic E-state index is 11.2. The minimum Gasteiger partial charge on any atom is -0.379 e. The third-order valence-electron chi connectivity index (χ3n) is 1.95. The Kier molecular flexibility index (Phi) is 12.1. The maximum absolute atomic E-state index is 11.2. The number of hydrogen-bond acceptors (Lipinski definition) is 4. The number of carbonyl (C=O) groups excluding carboxylic acids is 2. The summed E-state index contributed by atoms with van der Waals surface area (Å²) >= 11 is 0. The van der Waals surface area contributed by atoms with E-state index in [1.807, 2.05) is 6.92 Å². The molecule has 0 saturated carbocycles. The molecule has 0 aromatic rings. The van der Waals surface area contributed by atoms with Gasteiger partial charge in [-0.3, -0.25) is 9.59 Å². The molecule has 0 fully saturated rings. The molecule has 0 atom stereocenters. The van der Waals surface area contributed by atoms with Crippen molar-refractivity contribution in [2.24, 2.45) is 0 Å². The minimum atomic E-state index is -0.0221. The number of hydrogen-bond donors (Lipinski definition) is 2. The van der Waals surface area contributed by atoms with Crippen LogP contribution < -0.4 is 10.6 Å². The first-order chi connectivity index (χ1) is 8.31. The first-order valence-corrected chi connectivity index (χ1v) is 5.90. The van der Waals surface area contributed by atoms with E-state index in [0.29, 0.717) is 58.8 Å². The molecule has 0 heterocycles. The van der Waals surface area contributed by atoms with Crippen molar-refractivity contribution in [2.45, 2.75) is 19.8 Å². The average molecular weight is 246 g/mol. The highest BCUT2D eigenvalue weighted by Crippen LogP contribution is 1.86. The predicted octanol–water partition coefficient (Wildman–Crippen LogP) is -0.318. The average Bonchev–Trinajstić information content (AvgIpc) is 2.33. The second-order valence-corrected chi connectivity index (χ2v) is 3.33. The summed E-state index contributed by atoms with van der Waals surface area (Å²) in [6.07, 6.45) is 1.69. The topological polar surface area (TPSA) is 76.7 Å². The molecule has 0 saturated heterocycles. The van der Waals surface area contributed by atoms with Crippen LogP contribution in [0.25, 0.3) is 0 Å². The molecule has 2 amide bonds. The van der Waals surface area contributed by atoms with E-state index in [1.165, 1.54) is 0 Å². The zero-order valence-corrected chi connectivity index (χ0v) is 10.4. The number of carbonyl (C=O) groups is 2. The Morgan fingerprint density at radius 3 is 2.65 bits per heavy atom. The van der Waals surface area contributed by atoms with Gasteiger partial charge in [-0.25, -0.2) is 0 Å². The summed E-state index contributed by atoms with van der Waals surface area (Å²) in [7, 11) is 0. The molecule has 0 unspecified atom stereocenters. The minimum absolute atomic E-state index is 0.0221. The van der Waals surface area contributed by atoms with Crippen molar-refractivity contribution in [3.8, 4) is 0 Å². The molecule has 0 aromatic heterocycles. The fraction of sp³-hybridized carbons (Fsp3) is 0.818. The van der Waals surface area contributed by atoms with Crippen molar-refractivity contribution < 1.29 is 19.1 Å². The van der Waals surface area contributed by atoms with Crippen LogP contribution in [0.5, 0.6) is 0 Å². The lowest BCUT2D eigenvalue weighted by molar-refractivity contribution is -0.121. The van der Waals surface area contributed by atoms with E-state index in [9.17, 15) is 9.59 Å². The first kappa shape index (κ1) is 15.9. The van der Waals surface area contributed by atoms with Crippen molar-refractivity contribution in [3.63, 3.8) is 0 Å². The van der Waals surface area contributed by atoms with Crippen molar-refractivity contribution in [1.82, 2.24) is 10.6 Å². The molecule has 6 nitrogen and oxygen atoms in total. The largest absolute Gasteiger partial charge is 0.379 e. The number of amides is 2. The normalized spacial score (nSPS) is 9.94. The Balaban J connectivity index is 3.13. The van der Waals surface area contributed by atoms with Crippen LogP contribution in [-0.4, -0.2) is 51.8 Å². The summed E-state index contributed by atoms with van der Waals surface area (Å²) in [5, 5.41) is 5.23. The van der Waals surface area contributed by atoms with Crippen LogP contribution in [0.2, 0.25) is 0 Å². The van der Waals surface area contributed by atoms with Crippen LogP contribution in [0.1, 0.15) is 19.8 Å². The summed E-state index contributed by atoms with van der Waals surface area (Å²) in [6, 6.07) is 0. The number of rotatable bonds is 12. The molecule has 100 valence electrons. The van der Waals surface area contributed by atoms with Gasteiger partial charge in [0.25, 0.3) is 0 Å². The standard InChI is InChI=1S/C11H22N2O4/c1-2-16-8-9-17-7-6-13-11(15)4-3-5-12-10-14/h10H,2-9H2,1H3,(H,12,14)(H,13,15). The van der Waals surface area contributed by atoms with Gasteiger partial charge in [-0.05, 0) is 13.3 Å². The lowest BCUT2D eigenvalue weighted by atomic mass is 10.3. The summed E-state index contributed by atoms with van der Waals surface area (Å²) in [4.78, 5) is 21.2. The fourth-order valence-electron chi connectivity index (χ4n) is 1.13. The Bertz CT molecular complexity index is 200. The molecular weight excluding hydrogens is 224 g/mol. The van der Waals surface area contributed by atoms with Gasteiger partial charge in [-0.1, -0.05) is 0 Å². The Morgan fingerprint density at radius 2 is 1.94 bits per heavy atom. The summed E-state index contributed by atoms with van der Waals surface area (Å²) in [5.74, 6) is -0.0221. The van der Waals surface area contributed by atoms with Gasteiger partial charge < -0.3 is 20.1 Å². The highest BCUT2D eigenvalue weighted by molar-refractivity contribution is 5.75. The van der Waals surface area contributed by atoms with E-state index in [-0.39, 0.29) is 5.91 Å². The molecule has 0 spiro atoms. The SMILES string of the molecule is CCOCCOCCNC(=O)CCCNC=O. The van der Waals surface area contributed by atoms with Gasteiger partial charge in [0.2, 0.25) is 12.3 Å². The van der Waals surface area contributed by atoms with Crippen LogP contribution in [0.3, 0.4) is 0 Å². The van der Waals surface area contributed by atoms with Crippen LogP contribution in [-0.2, 0) is 19.1 Å². The molecule has 17 heavy (non-hydrogen) atoms. The van der Waals surface area contributed by atoms with Gasteiger partial charge in [-0.15, -0.1) is 0 Å². The van der Waals surface area contributed by atoms with Gasteiger partial charge in [0.1, 0.15) is 0 Å². The van der Waals surface area contributed by atoms with Crippen molar-refractivity contribution in [1.29, 1.82) is 0 Å². The van der Waals surface area contributed by atoms with Gasteiger partial charge in [-0.2, -0.15) is 0 Å². The first-order valence-electron chi connectivity index (χ1n) is 5.90.